The average Bonchev–Trinajstić information content (AvgIpc) is 2.58. The molecule has 1 saturated heterocycles. The molecular formula is C18H20BrN3O. The van der Waals surface area contributed by atoms with Gasteiger partial charge in [0.15, 0.2) is 0 Å². The summed E-state index contributed by atoms with van der Waals surface area (Å²) >= 11 is 3.39. The summed E-state index contributed by atoms with van der Waals surface area (Å²) in [6.07, 6.45) is 5.99. The predicted molar refractivity (Wildman–Crippen MR) is 96.8 cm³/mol. The maximum absolute atomic E-state index is 12.1. The molecule has 4 nitrogen and oxygen atoms in total. The zero-order valence-corrected chi connectivity index (χ0v) is 14.6. The van der Waals surface area contributed by atoms with Gasteiger partial charge in [0.05, 0.1) is 18.3 Å². The van der Waals surface area contributed by atoms with Gasteiger partial charge in [-0.2, -0.15) is 0 Å². The van der Waals surface area contributed by atoms with E-state index in [1.807, 2.05) is 42.6 Å². The summed E-state index contributed by atoms with van der Waals surface area (Å²) in [5.74, 6) is 0.554. The molecule has 0 radical (unpaired) electrons. The van der Waals surface area contributed by atoms with Crippen molar-refractivity contribution in [3.8, 4) is 0 Å². The molecular weight excluding hydrogens is 354 g/mol. The summed E-state index contributed by atoms with van der Waals surface area (Å²) in [7, 11) is 0. The Kier molecular flexibility index (Phi) is 5.28. The first kappa shape index (κ1) is 16.0. The minimum atomic E-state index is -0.0504. The number of nitrogens with one attached hydrogen (secondary N) is 1. The molecule has 0 saturated carbocycles. The van der Waals surface area contributed by atoms with Crippen molar-refractivity contribution in [2.24, 2.45) is 0 Å². The van der Waals surface area contributed by atoms with Crippen LogP contribution in [-0.4, -0.2) is 24.0 Å². The number of amides is 1. The predicted octanol–water partition coefficient (Wildman–Crippen LogP) is 4.02. The molecule has 2 heterocycles. The van der Waals surface area contributed by atoms with Crippen LogP contribution in [0.15, 0.2) is 47.1 Å². The highest BCUT2D eigenvalue weighted by molar-refractivity contribution is 9.10. The lowest BCUT2D eigenvalue weighted by Crippen LogP contribution is -2.29. The molecule has 0 spiro atoms. The minimum Gasteiger partial charge on any atom is -0.370 e. The first-order valence-electron chi connectivity index (χ1n) is 7.96. The van der Waals surface area contributed by atoms with E-state index in [4.69, 9.17) is 0 Å². The van der Waals surface area contributed by atoms with Gasteiger partial charge in [-0.3, -0.25) is 4.79 Å². The van der Waals surface area contributed by atoms with E-state index in [1.165, 1.54) is 19.3 Å². The highest BCUT2D eigenvalue weighted by Crippen LogP contribution is 2.20. The number of carbonyl (C=O) groups is 1. The number of piperidine rings is 1. The summed E-state index contributed by atoms with van der Waals surface area (Å²) in [5, 5.41) is 2.85. The van der Waals surface area contributed by atoms with Gasteiger partial charge in [-0.1, -0.05) is 28.1 Å². The Hall–Kier alpha value is -1.88. The SMILES string of the molecule is O=C(Cc1ccc(Br)cc1)Nc1ccc(N2CCCCC2)cn1. The lowest BCUT2D eigenvalue weighted by Gasteiger charge is -2.28. The Labute approximate surface area is 145 Å². The van der Waals surface area contributed by atoms with Gasteiger partial charge in [-0.05, 0) is 49.1 Å². The maximum atomic E-state index is 12.1. The monoisotopic (exact) mass is 373 g/mol. The molecule has 1 fully saturated rings. The van der Waals surface area contributed by atoms with Crippen LogP contribution in [-0.2, 0) is 11.2 Å². The minimum absolute atomic E-state index is 0.0504. The van der Waals surface area contributed by atoms with Gasteiger partial charge >= 0.3 is 0 Å². The molecule has 1 N–H and O–H groups in total. The van der Waals surface area contributed by atoms with E-state index in [1.54, 1.807) is 0 Å². The molecule has 1 amide bonds. The molecule has 1 aliphatic rings. The largest absolute Gasteiger partial charge is 0.370 e. The zero-order chi connectivity index (χ0) is 16.1. The van der Waals surface area contributed by atoms with Crippen LogP contribution in [0.2, 0.25) is 0 Å². The van der Waals surface area contributed by atoms with Gasteiger partial charge in [0.25, 0.3) is 0 Å². The number of hydrogen-bond donors (Lipinski definition) is 1. The van der Waals surface area contributed by atoms with E-state index < -0.39 is 0 Å². The standard InChI is InChI=1S/C18H20BrN3O/c19-15-6-4-14(5-7-15)12-18(23)21-17-9-8-16(13-20-17)22-10-2-1-3-11-22/h4-9,13H,1-3,10-12H2,(H,20,21,23). The van der Waals surface area contributed by atoms with Crippen LogP contribution in [0.25, 0.3) is 0 Å². The Balaban J connectivity index is 1.57. The Bertz CT molecular complexity index is 649. The van der Waals surface area contributed by atoms with E-state index in [0.717, 1.165) is 28.8 Å². The van der Waals surface area contributed by atoms with Crippen LogP contribution in [0.1, 0.15) is 24.8 Å². The molecule has 2 aromatic rings. The van der Waals surface area contributed by atoms with Gasteiger partial charge in [-0.15, -0.1) is 0 Å². The van der Waals surface area contributed by atoms with E-state index in [9.17, 15) is 4.79 Å². The third-order valence-electron chi connectivity index (χ3n) is 4.01. The first-order valence-corrected chi connectivity index (χ1v) is 8.75. The first-order chi connectivity index (χ1) is 11.2. The number of carbonyl (C=O) groups excluding carboxylic acids is 1. The number of halogens is 1. The number of pyridine rings is 1. The average molecular weight is 374 g/mol. The van der Waals surface area contributed by atoms with Crippen molar-refractivity contribution in [1.82, 2.24) is 4.98 Å². The molecule has 120 valence electrons. The molecule has 23 heavy (non-hydrogen) atoms. The second-order valence-corrected chi connectivity index (χ2v) is 6.72. The number of benzene rings is 1. The Morgan fingerprint density at radius 1 is 1.09 bits per heavy atom. The van der Waals surface area contributed by atoms with Crippen LogP contribution in [0, 0.1) is 0 Å². The smallest absolute Gasteiger partial charge is 0.229 e. The fraction of sp³-hybridized carbons (Fsp3) is 0.333. The van der Waals surface area contributed by atoms with Gasteiger partial charge in [0.1, 0.15) is 5.82 Å². The third-order valence-corrected chi connectivity index (χ3v) is 4.54. The van der Waals surface area contributed by atoms with Crippen molar-refractivity contribution in [2.75, 3.05) is 23.3 Å². The van der Waals surface area contributed by atoms with E-state index >= 15 is 0 Å². The molecule has 0 atom stereocenters. The molecule has 0 bridgehead atoms. The van der Waals surface area contributed by atoms with Gasteiger partial charge in [0, 0.05) is 17.6 Å². The van der Waals surface area contributed by atoms with Gasteiger partial charge in [-0.25, -0.2) is 4.98 Å². The third kappa shape index (κ3) is 4.55. The van der Waals surface area contributed by atoms with Crippen LogP contribution < -0.4 is 10.2 Å². The summed E-state index contributed by atoms with van der Waals surface area (Å²) in [5.41, 5.74) is 2.12. The summed E-state index contributed by atoms with van der Waals surface area (Å²) < 4.78 is 1.01. The molecule has 0 aliphatic carbocycles. The number of anilines is 2. The Morgan fingerprint density at radius 3 is 2.48 bits per heavy atom. The summed E-state index contributed by atoms with van der Waals surface area (Å²) in [4.78, 5) is 18.8. The molecule has 5 heteroatoms. The van der Waals surface area contributed by atoms with Crippen molar-refractivity contribution in [1.29, 1.82) is 0 Å². The van der Waals surface area contributed by atoms with Crippen LogP contribution in [0.3, 0.4) is 0 Å². The van der Waals surface area contributed by atoms with Crippen LogP contribution >= 0.6 is 15.9 Å². The van der Waals surface area contributed by atoms with Crippen molar-refractivity contribution < 1.29 is 4.79 Å². The highest BCUT2D eigenvalue weighted by atomic mass is 79.9. The van der Waals surface area contributed by atoms with Crippen molar-refractivity contribution in [3.63, 3.8) is 0 Å². The number of rotatable bonds is 4. The second-order valence-electron chi connectivity index (χ2n) is 5.80. The second kappa shape index (κ2) is 7.59. The maximum Gasteiger partial charge on any atom is 0.229 e. The molecule has 3 rings (SSSR count). The number of aromatic nitrogens is 1. The molecule has 1 aliphatic heterocycles. The fourth-order valence-electron chi connectivity index (χ4n) is 2.77. The molecule has 0 unspecified atom stereocenters. The topological polar surface area (TPSA) is 45.2 Å². The summed E-state index contributed by atoms with van der Waals surface area (Å²) in [6.45, 7) is 2.19. The van der Waals surface area contributed by atoms with E-state index in [-0.39, 0.29) is 5.91 Å². The summed E-state index contributed by atoms with van der Waals surface area (Å²) in [6, 6.07) is 11.7. The molecule has 1 aromatic heterocycles. The van der Waals surface area contributed by atoms with Crippen LogP contribution in [0.4, 0.5) is 11.5 Å². The van der Waals surface area contributed by atoms with Crippen molar-refractivity contribution in [2.45, 2.75) is 25.7 Å². The highest BCUT2D eigenvalue weighted by Gasteiger charge is 2.11. The van der Waals surface area contributed by atoms with Gasteiger partial charge < -0.3 is 10.2 Å². The zero-order valence-electron chi connectivity index (χ0n) is 13.0. The lowest BCUT2D eigenvalue weighted by molar-refractivity contribution is -0.115. The number of hydrogen-bond acceptors (Lipinski definition) is 3. The van der Waals surface area contributed by atoms with E-state index in [2.05, 4.69) is 31.1 Å². The van der Waals surface area contributed by atoms with Crippen LogP contribution in [0.5, 0.6) is 0 Å². The molecule has 1 aromatic carbocycles. The fourth-order valence-corrected chi connectivity index (χ4v) is 3.04. The van der Waals surface area contributed by atoms with Crippen molar-refractivity contribution >= 4 is 33.3 Å². The quantitative estimate of drug-likeness (QED) is 0.880. The lowest BCUT2D eigenvalue weighted by atomic mass is 10.1. The normalized spacial score (nSPS) is 14.6. The van der Waals surface area contributed by atoms with Gasteiger partial charge in [0.2, 0.25) is 5.91 Å². The number of nitrogens with zero attached hydrogens (tertiary/aromatic N) is 2. The van der Waals surface area contributed by atoms with E-state index in [0.29, 0.717) is 12.2 Å². The van der Waals surface area contributed by atoms with Crippen molar-refractivity contribution in [3.05, 3.63) is 52.6 Å². The Morgan fingerprint density at radius 2 is 1.83 bits per heavy atom.